The van der Waals surface area contributed by atoms with E-state index in [0.29, 0.717) is 6.42 Å². The Morgan fingerprint density at radius 3 is 2.56 bits per heavy atom. The number of ketones is 1. The first-order valence-corrected chi connectivity index (χ1v) is 6.61. The van der Waals surface area contributed by atoms with E-state index in [1.54, 1.807) is 0 Å². The zero-order valence-electron chi connectivity index (χ0n) is 8.87. The summed E-state index contributed by atoms with van der Waals surface area (Å²) in [5.74, 6) is 0.185. The number of benzene rings is 1. The number of aryl methyl sites for hydroxylation is 1. The molecule has 0 aliphatic carbocycles. The predicted molar refractivity (Wildman–Crippen MR) is 71.2 cm³/mol. The van der Waals surface area contributed by atoms with Gasteiger partial charge in [0.05, 0.1) is 8.66 Å². The van der Waals surface area contributed by atoms with Crippen LogP contribution in [-0.2, 0) is 6.42 Å². The SMILES string of the molecule is Cc1cc(C(=O)Cc2ccccc2)sc1Br. The molecule has 0 atom stereocenters. The van der Waals surface area contributed by atoms with Crippen LogP contribution in [0.1, 0.15) is 20.8 Å². The van der Waals surface area contributed by atoms with Gasteiger partial charge in [0, 0.05) is 6.42 Å². The van der Waals surface area contributed by atoms with E-state index in [4.69, 9.17) is 0 Å². The molecule has 0 saturated carbocycles. The molecule has 0 aliphatic heterocycles. The van der Waals surface area contributed by atoms with Crippen molar-refractivity contribution in [2.24, 2.45) is 0 Å². The highest BCUT2D eigenvalue weighted by atomic mass is 79.9. The Hall–Kier alpha value is -0.930. The molecule has 0 spiro atoms. The third-order valence-corrected chi connectivity index (χ3v) is 4.52. The molecule has 82 valence electrons. The fourth-order valence-electron chi connectivity index (χ4n) is 1.47. The Kier molecular flexibility index (Phi) is 3.56. The number of halogens is 1. The molecular weight excluding hydrogens is 284 g/mol. The Balaban J connectivity index is 2.15. The van der Waals surface area contributed by atoms with Crippen molar-refractivity contribution in [2.75, 3.05) is 0 Å². The fraction of sp³-hybridized carbons (Fsp3) is 0.154. The van der Waals surface area contributed by atoms with Gasteiger partial charge in [-0.25, -0.2) is 0 Å². The van der Waals surface area contributed by atoms with E-state index in [0.717, 1.165) is 19.8 Å². The zero-order valence-corrected chi connectivity index (χ0v) is 11.3. The normalized spacial score (nSPS) is 10.4. The van der Waals surface area contributed by atoms with Crippen LogP contribution in [0, 0.1) is 6.92 Å². The molecule has 0 bridgehead atoms. The summed E-state index contributed by atoms with van der Waals surface area (Å²) in [6.07, 6.45) is 0.479. The molecule has 1 aromatic heterocycles. The van der Waals surface area contributed by atoms with E-state index in [9.17, 15) is 4.79 Å². The van der Waals surface area contributed by atoms with Gasteiger partial charge in [-0.05, 0) is 40.0 Å². The molecule has 2 rings (SSSR count). The average Bonchev–Trinajstić information content (AvgIpc) is 2.61. The first-order valence-electron chi connectivity index (χ1n) is 5.00. The fourth-order valence-corrected chi connectivity index (χ4v) is 2.94. The molecule has 3 heteroatoms. The van der Waals surface area contributed by atoms with Crippen LogP contribution in [0.4, 0.5) is 0 Å². The molecule has 0 saturated heterocycles. The first kappa shape index (κ1) is 11.6. The van der Waals surface area contributed by atoms with Crippen LogP contribution in [0.2, 0.25) is 0 Å². The minimum atomic E-state index is 0.185. The van der Waals surface area contributed by atoms with Crippen molar-refractivity contribution in [1.82, 2.24) is 0 Å². The summed E-state index contributed by atoms with van der Waals surface area (Å²) in [7, 11) is 0. The van der Waals surface area contributed by atoms with Gasteiger partial charge in [0.1, 0.15) is 0 Å². The third-order valence-electron chi connectivity index (χ3n) is 2.34. The Bertz CT molecular complexity index is 482. The van der Waals surface area contributed by atoms with Crippen molar-refractivity contribution in [3.05, 3.63) is 56.2 Å². The molecule has 0 N–H and O–H groups in total. The molecule has 16 heavy (non-hydrogen) atoms. The van der Waals surface area contributed by atoms with Crippen LogP contribution >= 0.6 is 27.3 Å². The van der Waals surface area contributed by atoms with Crippen molar-refractivity contribution in [3.8, 4) is 0 Å². The highest BCUT2D eigenvalue weighted by Gasteiger charge is 2.11. The number of Topliss-reactive ketones (excluding diaryl/α,β-unsaturated/α-hetero) is 1. The van der Waals surface area contributed by atoms with Gasteiger partial charge in [-0.2, -0.15) is 0 Å². The molecule has 0 aliphatic rings. The molecule has 1 nitrogen and oxygen atoms in total. The number of rotatable bonds is 3. The van der Waals surface area contributed by atoms with E-state index in [-0.39, 0.29) is 5.78 Å². The lowest BCUT2D eigenvalue weighted by Crippen LogP contribution is -2.00. The standard InChI is InChI=1S/C13H11BrOS/c1-9-7-12(16-13(9)14)11(15)8-10-5-3-2-4-6-10/h2-7H,8H2,1H3. The maximum atomic E-state index is 12.0. The van der Waals surface area contributed by atoms with E-state index in [1.165, 1.54) is 11.3 Å². The molecular formula is C13H11BrOS. The van der Waals surface area contributed by atoms with Gasteiger partial charge in [-0.15, -0.1) is 11.3 Å². The highest BCUT2D eigenvalue weighted by molar-refractivity contribution is 9.11. The van der Waals surface area contributed by atoms with Gasteiger partial charge in [-0.1, -0.05) is 30.3 Å². The summed E-state index contributed by atoms with van der Waals surface area (Å²) >= 11 is 4.94. The average molecular weight is 295 g/mol. The lowest BCUT2D eigenvalue weighted by Gasteiger charge is -1.97. The third kappa shape index (κ3) is 2.60. The topological polar surface area (TPSA) is 17.1 Å². The second-order valence-corrected chi connectivity index (χ2v) is 6.02. The van der Waals surface area contributed by atoms with E-state index in [2.05, 4.69) is 15.9 Å². The first-order chi connectivity index (χ1) is 7.66. The summed E-state index contributed by atoms with van der Waals surface area (Å²) in [5, 5.41) is 0. The number of thiophene rings is 1. The van der Waals surface area contributed by atoms with Crippen molar-refractivity contribution in [3.63, 3.8) is 0 Å². The Morgan fingerprint density at radius 1 is 1.31 bits per heavy atom. The lowest BCUT2D eigenvalue weighted by molar-refractivity contribution is 0.0997. The number of hydrogen-bond donors (Lipinski definition) is 0. The lowest BCUT2D eigenvalue weighted by atomic mass is 10.1. The monoisotopic (exact) mass is 294 g/mol. The van der Waals surface area contributed by atoms with Gasteiger partial charge in [0.2, 0.25) is 0 Å². The van der Waals surface area contributed by atoms with Gasteiger partial charge in [0.25, 0.3) is 0 Å². The molecule has 0 amide bonds. The molecule has 1 heterocycles. The van der Waals surface area contributed by atoms with Gasteiger partial charge < -0.3 is 0 Å². The molecule has 1 aromatic carbocycles. The Morgan fingerprint density at radius 2 is 2.00 bits per heavy atom. The summed E-state index contributed by atoms with van der Waals surface area (Å²) < 4.78 is 1.05. The van der Waals surface area contributed by atoms with Crippen molar-refractivity contribution in [1.29, 1.82) is 0 Å². The van der Waals surface area contributed by atoms with Crippen LogP contribution in [0.3, 0.4) is 0 Å². The number of carbonyl (C=O) groups excluding carboxylic acids is 1. The number of hydrogen-bond acceptors (Lipinski definition) is 2. The molecule has 2 aromatic rings. The van der Waals surface area contributed by atoms with Crippen LogP contribution in [0.25, 0.3) is 0 Å². The maximum absolute atomic E-state index is 12.0. The second-order valence-electron chi connectivity index (χ2n) is 3.65. The van der Waals surface area contributed by atoms with Crippen LogP contribution in [0.5, 0.6) is 0 Å². The Labute approximate surface area is 107 Å². The van der Waals surface area contributed by atoms with Crippen molar-refractivity contribution in [2.45, 2.75) is 13.3 Å². The summed E-state index contributed by atoms with van der Waals surface area (Å²) in [6.45, 7) is 2.00. The van der Waals surface area contributed by atoms with Crippen molar-refractivity contribution < 1.29 is 4.79 Å². The molecule has 0 radical (unpaired) electrons. The zero-order chi connectivity index (χ0) is 11.5. The summed E-state index contributed by atoms with van der Waals surface area (Å²) in [6, 6.07) is 11.8. The maximum Gasteiger partial charge on any atom is 0.177 e. The van der Waals surface area contributed by atoms with Crippen LogP contribution in [-0.4, -0.2) is 5.78 Å². The van der Waals surface area contributed by atoms with Crippen molar-refractivity contribution >= 4 is 33.0 Å². The molecule has 0 unspecified atom stereocenters. The van der Waals surface area contributed by atoms with Gasteiger partial charge in [-0.3, -0.25) is 4.79 Å². The highest BCUT2D eigenvalue weighted by Crippen LogP contribution is 2.28. The van der Waals surface area contributed by atoms with Gasteiger partial charge in [0.15, 0.2) is 5.78 Å². The van der Waals surface area contributed by atoms with E-state index >= 15 is 0 Å². The van der Waals surface area contributed by atoms with E-state index < -0.39 is 0 Å². The predicted octanol–water partition coefficient (Wildman–Crippen LogP) is 4.24. The quantitative estimate of drug-likeness (QED) is 0.774. The van der Waals surface area contributed by atoms with Crippen LogP contribution < -0.4 is 0 Å². The minimum Gasteiger partial charge on any atom is -0.293 e. The molecule has 0 fully saturated rings. The van der Waals surface area contributed by atoms with Crippen LogP contribution in [0.15, 0.2) is 40.2 Å². The summed E-state index contributed by atoms with van der Waals surface area (Å²) in [5.41, 5.74) is 2.19. The summed E-state index contributed by atoms with van der Waals surface area (Å²) in [4.78, 5) is 12.8. The second kappa shape index (κ2) is 4.93. The van der Waals surface area contributed by atoms with E-state index in [1.807, 2.05) is 43.3 Å². The number of carbonyl (C=O) groups is 1. The largest absolute Gasteiger partial charge is 0.293 e. The minimum absolute atomic E-state index is 0.185. The van der Waals surface area contributed by atoms with Gasteiger partial charge >= 0.3 is 0 Å². The smallest absolute Gasteiger partial charge is 0.177 e.